The van der Waals surface area contributed by atoms with Crippen LogP contribution in [0.2, 0.25) is 0 Å². The number of fused-ring (bicyclic) bond motifs is 2. The lowest BCUT2D eigenvalue weighted by Gasteiger charge is -2.19. The van der Waals surface area contributed by atoms with Crippen molar-refractivity contribution in [2.75, 3.05) is 13.2 Å². The van der Waals surface area contributed by atoms with Crippen molar-refractivity contribution in [3.8, 4) is 22.6 Å². The van der Waals surface area contributed by atoms with Crippen molar-refractivity contribution in [3.63, 3.8) is 0 Å². The Morgan fingerprint density at radius 1 is 0.958 bits per heavy atom. The molecule has 4 nitrogen and oxygen atoms in total. The Balaban J connectivity index is 1.83. The molecule has 1 aliphatic heterocycles. The minimum absolute atomic E-state index is 0.0637. The number of ether oxygens (including phenoxy) is 2. The summed E-state index contributed by atoms with van der Waals surface area (Å²) in [4.78, 5) is 16.8. The van der Waals surface area contributed by atoms with Gasteiger partial charge in [-0.2, -0.15) is 0 Å². The highest BCUT2D eigenvalue weighted by Gasteiger charge is 2.30. The first-order valence-corrected chi connectivity index (χ1v) is 8.36. The third kappa shape index (κ3) is 2.10. The molecule has 0 saturated heterocycles. The van der Waals surface area contributed by atoms with Gasteiger partial charge in [-0.3, -0.25) is 4.79 Å². The third-order valence-electron chi connectivity index (χ3n) is 4.74. The smallest absolute Gasteiger partial charge is 0.197 e. The number of hydrogen-bond acceptors (Lipinski definition) is 3. The fourth-order valence-corrected chi connectivity index (χ4v) is 3.41. The Morgan fingerprint density at radius 2 is 1.67 bits per heavy atom. The van der Waals surface area contributed by atoms with Gasteiger partial charge in [0.05, 0.1) is 10.9 Å². The first-order chi connectivity index (χ1) is 11.8. The van der Waals surface area contributed by atoms with E-state index in [1.54, 1.807) is 0 Å². The molecule has 3 aromatic rings. The number of aromatic nitrogens is 1. The third-order valence-corrected chi connectivity index (χ3v) is 4.74. The molecule has 0 amide bonds. The average molecular weight is 319 g/mol. The average Bonchev–Trinajstić information content (AvgIpc) is 3.46. The molecule has 1 aliphatic carbocycles. The second kappa shape index (κ2) is 5.13. The normalized spacial score (nSPS) is 16.3. The van der Waals surface area contributed by atoms with E-state index in [4.69, 9.17) is 9.47 Å². The molecule has 1 saturated carbocycles. The van der Waals surface area contributed by atoms with Gasteiger partial charge < -0.3 is 14.5 Å². The predicted molar refractivity (Wildman–Crippen MR) is 93.0 cm³/mol. The van der Waals surface area contributed by atoms with Gasteiger partial charge in [-0.15, -0.1) is 0 Å². The van der Waals surface area contributed by atoms with E-state index >= 15 is 0 Å². The van der Waals surface area contributed by atoms with E-state index in [9.17, 15) is 4.79 Å². The van der Waals surface area contributed by atoms with E-state index in [0.29, 0.717) is 36.0 Å². The fourth-order valence-electron chi connectivity index (χ4n) is 3.41. The molecule has 4 heteroatoms. The van der Waals surface area contributed by atoms with Gasteiger partial charge in [0.25, 0.3) is 0 Å². The molecule has 0 spiro atoms. The minimum Gasteiger partial charge on any atom is -0.486 e. The summed E-state index contributed by atoms with van der Waals surface area (Å²) in [6, 6.07) is 13.6. The molecule has 0 radical (unpaired) electrons. The van der Waals surface area contributed by atoms with Crippen LogP contribution in [0.1, 0.15) is 24.5 Å². The highest BCUT2D eigenvalue weighted by Crippen LogP contribution is 2.43. The van der Waals surface area contributed by atoms with E-state index in [1.165, 1.54) is 0 Å². The number of nitrogens with one attached hydrogen (secondary N) is 1. The van der Waals surface area contributed by atoms with Gasteiger partial charge in [-0.05, 0) is 30.4 Å². The molecule has 1 aromatic heterocycles. The maximum Gasteiger partial charge on any atom is 0.197 e. The molecule has 5 rings (SSSR count). The zero-order chi connectivity index (χ0) is 16.1. The molecule has 2 aromatic carbocycles. The summed E-state index contributed by atoms with van der Waals surface area (Å²) in [5.74, 6) is 1.81. The molecular weight excluding hydrogens is 302 g/mol. The van der Waals surface area contributed by atoms with Crippen molar-refractivity contribution in [2.45, 2.75) is 18.8 Å². The monoisotopic (exact) mass is 319 g/mol. The predicted octanol–water partition coefficient (Wildman–Crippen LogP) is 3.84. The Labute approximate surface area is 139 Å². The zero-order valence-corrected chi connectivity index (χ0v) is 13.2. The molecule has 24 heavy (non-hydrogen) atoms. The van der Waals surface area contributed by atoms with Crippen molar-refractivity contribution >= 4 is 10.9 Å². The summed E-state index contributed by atoms with van der Waals surface area (Å²) in [6.45, 7) is 1.06. The van der Waals surface area contributed by atoms with Crippen LogP contribution in [0.5, 0.6) is 11.5 Å². The van der Waals surface area contributed by atoms with Crippen LogP contribution in [0.4, 0.5) is 0 Å². The molecule has 2 aliphatic rings. The summed E-state index contributed by atoms with van der Waals surface area (Å²) in [6.07, 6.45) is 2.26. The molecule has 0 unspecified atom stereocenters. The van der Waals surface area contributed by atoms with Gasteiger partial charge in [0, 0.05) is 17.3 Å². The van der Waals surface area contributed by atoms with Crippen molar-refractivity contribution in [2.24, 2.45) is 0 Å². The highest BCUT2D eigenvalue weighted by molar-refractivity contribution is 5.88. The van der Waals surface area contributed by atoms with Crippen LogP contribution in [-0.2, 0) is 0 Å². The quantitative estimate of drug-likeness (QED) is 0.780. The molecule has 0 atom stereocenters. The topological polar surface area (TPSA) is 51.3 Å². The van der Waals surface area contributed by atoms with Crippen molar-refractivity contribution in [1.82, 2.24) is 4.98 Å². The maximum absolute atomic E-state index is 13.3. The second-order valence-corrected chi connectivity index (χ2v) is 6.42. The summed E-state index contributed by atoms with van der Waals surface area (Å²) in [5, 5.41) is 0.655. The van der Waals surface area contributed by atoms with Gasteiger partial charge in [0.1, 0.15) is 13.2 Å². The number of hydrogen-bond donors (Lipinski definition) is 1. The lowest BCUT2D eigenvalue weighted by Crippen LogP contribution is -2.17. The first kappa shape index (κ1) is 13.7. The summed E-state index contributed by atoms with van der Waals surface area (Å²) in [7, 11) is 0. The van der Waals surface area contributed by atoms with Crippen LogP contribution in [0.3, 0.4) is 0 Å². The van der Waals surface area contributed by atoms with Crippen LogP contribution in [0.15, 0.2) is 47.3 Å². The SMILES string of the molecule is O=c1c(-c2ccccc2)c(C2CC2)[nH]c2cc3c(cc12)OCCO3. The number of benzene rings is 2. The molecule has 0 bridgehead atoms. The number of rotatable bonds is 2. The highest BCUT2D eigenvalue weighted by atomic mass is 16.6. The Hall–Kier alpha value is -2.75. The Morgan fingerprint density at radius 3 is 2.38 bits per heavy atom. The molecule has 2 heterocycles. The largest absolute Gasteiger partial charge is 0.486 e. The molecular formula is C20H17NO3. The maximum atomic E-state index is 13.3. The van der Waals surface area contributed by atoms with Gasteiger partial charge in [0.15, 0.2) is 16.9 Å². The molecule has 120 valence electrons. The minimum atomic E-state index is 0.0637. The van der Waals surface area contributed by atoms with E-state index in [2.05, 4.69) is 4.98 Å². The van der Waals surface area contributed by atoms with E-state index in [1.807, 2.05) is 42.5 Å². The van der Waals surface area contributed by atoms with Crippen LogP contribution < -0.4 is 14.9 Å². The number of H-pyrrole nitrogens is 1. The van der Waals surface area contributed by atoms with Gasteiger partial charge in [-0.25, -0.2) is 0 Å². The van der Waals surface area contributed by atoms with E-state index in [-0.39, 0.29) is 5.43 Å². The lowest BCUT2D eigenvalue weighted by atomic mass is 9.98. The van der Waals surface area contributed by atoms with Gasteiger partial charge >= 0.3 is 0 Å². The van der Waals surface area contributed by atoms with Crippen LogP contribution >= 0.6 is 0 Å². The Bertz CT molecular complexity index is 987. The van der Waals surface area contributed by atoms with Gasteiger partial charge in [-0.1, -0.05) is 30.3 Å². The zero-order valence-electron chi connectivity index (χ0n) is 13.2. The fraction of sp³-hybridized carbons (Fsp3) is 0.250. The lowest BCUT2D eigenvalue weighted by molar-refractivity contribution is 0.172. The number of aromatic amines is 1. The molecule has 1 fully saturated rings. The van der Waals surface area contributed by atoms with Crippen LogP contribution in [-0.4, -0.2) is 18.2 Å². The summed E-state index contributed by atoms with van der Waals surface area (Å²) in [5.41, 5.74) is 3.70. The van der Waals surface area contributed by atoms with Crippen molar-refractivity contribution in [3.05, 3.63) is 58.4 Å². The van der Waals surface area contributed by atoms with Crippen molar-refractivity contribution in [1.29, 1.82) is 0 Å². The second-order valence-electron chi connectivity index (χ2n) is 6.42. The Kier molecular flexibility index (Phi) is 2.92. The standard InChI is InChI=1S/C20H17NO3/c22-20-14-10-16-17(24-9-8-23-16)11-15(14)21-19(13-6-7-13)18(20)12-4-2-1-3-5-12/h1-5,10-11,13H,6-9H2,(H,21,22). The molecule has 1 N–H and O–H groups in total. The first-order valence-electron chi connectivity index (χ1n) is 8.36. The van der Waals surface area contributed by atoms with E-state index < -0.39 is 0 Å². The summed E-state index contributed by atoms with van der Waals surface area (Å²) < 4.78 is 11.3. The van der Waals surface area contributed by atoms with Crippen LogP contribution in [0.25, 0.3) is 22.0 Å². The number of pyridine rings is 1. The van der Waals surface area contributed by atoms with Gasteiger partial charge in [0.2, 0.25) is 0 Å². The van der Waals surface area contributed by atoms with Crippen molar-refractivity contribution < 1.29 is 9.47 Å². The van der Waals surface area contributed by atoms with Crippen LogP contribution in [0, 0.1) is 0 Å². The summed E-state index contributed by atoms with van der Waals surface area (Å²) >= 11 is 0. The van der Waals surface area contributed by atoms with E-state index in [0.717, 1.165) is 35.2 Å².